The Labute approximate surface area is 57.5 Å². The number of rotatable bonds is 2. The van der Waals surface area contributed by atoms with Crippen molar-refractivity contribution in [2.75, 3.05) is 5.43 Å². The van der Waals surface area contributed by atoms with E-state index in [0.717, 1.165) is 0 Å². The predicted octanol–water partition coefficient (Wildman–Crippen LogP) is 1.24. The summed E-state index contributed by atoms with van der Waals surface area (Å²) < 4.78 is 11.4. The quantitative estimate of drug-likeness (QED) is 0.482. The molecule has 0 spiro atoms. The average Bonchev–Trinajstić information content (AvgIpc) is 2.05. The van der Waals surface area contributed by atoms with Crippen LogP contribution in [0.3, 0.4) is 0 Å². The van der Waals surface area contributed by atoms with Crippen molar-refractivity contribution in [1.82, 2.24) is 0 Å². The number of nitrogens with two attached hydrogens (primary N) is 1. The van der Waals surface area contributed by atoms with Crippen molar-refractivity contribution in [1.29, 1.82) is 0 Å². The molecule has 0 amide bonds. The topological polar surface area (TPSA) is 47.3 Å². The van der Waals surface area contributed by atoms with Gasteiger partial charge in [0.25, 0.3) is 0 Å². The minimum Gasteiger partial charge on any atom is -0.324 e. The van der Waals surface area contributed by atoms with Gasteiger partial charge in [-0.05, 0) is 24.3 Å². The number of nitrogen functional groups attached to an aromatic ring is 1. The molecule has 1 aromatic rings. The molecular weight excluding hydrogens is 135 g/mol. The number of hydrazine groups is 1. The van der Waals surface area contributed by atoms with Crippen molar-refractivity contribution in [3.63, 3.8) is 0 Å². The van der Waals surface area contributed by atoms with Gasteiger partial charge in [-0.1, -0.05) is 0 Å². The second-order valence-electron chi connectivity index (χ2n) is 1.75. The van der Waals surface area contributed by atoms with Crippen LogP contribution in [-0.2, 0) is 0 Å². The molecule has 0 aromatic heterocycles. The zero-order valence-electron chi connectivity index (χ0n) is 5.17. The molecule has 0 heterocycles. The number of nitrogens with one attached hydrogen (secondary N) is 1. The summed E-state index contributed by atoms with van der Waals surface area (Å²) >= 11 is 0. The van der Waals surface area contributed by atoms with Gasteiger partial charge in [0, 0.05) is 10.2 Å². The van der Waals surface area contributed by atoms with Gasteiger partial charge in [0.15, 0.2) is 5.75 Å². The summed E-state index contributed by atoms with van der Waals surface area (Å²) in [5.41, 5.74) is 3.11. The zero-order chi connectivity index (χ0) is 7.40. The van der Waals surface area contributed by atoms with Crippen molar-refractivity contribution in [3.8, 4) is 5.75 Å². The zero-order valence-corrected chi connectivity index (χ0v) is 5.17. The van der Waals surface area contributed by atoms with E-state index in [0.29, 0.717) is 5.69 Å². The van der Waals surface area contributed by atoms with Gasteiger partial charge in [-0.3, -0.25) is 10.8 Å². The highest BCUT2D eigenvalue weighted by molar-refractivity contribution is 5.44. The maximum absolute atomic E-state index is 11.4. The number of hydrogen-bond donors (Lipinski definition) is 2. The molecule has 3 N–H and O–H groups in total. The van der Waals surface area contributed by atoms with Crippen LogP contribution in [0.15, 0.2) is 24.3 Å². The Morgan fingerprint density at radius 1 is 1.30 bits per heavy atom. The second-order valence-corrected chi connectivity index (χ2v) is 1.75. The fraction of sp³-hybridized carbons (Fsp3) is 0. The standard InChI is InChI=1S/C6H7FN2O/c7-10-6-3-1-5(9-8)2-4-6/h1-4,9H,8H2. The maximum atomic E-state index is 11.4. The third-order valence-electron chi connectivity index (χ3n) is 1.11. The van der Waals surface area contributed by atoms with E-state index in [9.17, 15) is 4.53 Å². The van der Waals surface area contributed by atoms with Gasteiger partial charge in [0.2, 0.25) is 0 Å². The molecule has 0 aliphatic carbocycles. The van der Waals surface area contributed by atoms with Crippen molar-refractivity contribution in [2.45, 2.75) is 0 Å². The molecule has 4 heteroatoms. The summed E-state index contributed by atoms with van der Waals surface area (Å²) in [7, 11) is 0. The van der Waals surface area contributed by atoms with E-state index in [1.165, 1.54) is 12.1 Å². The largest absolute Gasteiger partial charge is 0.324 e. The number of hydrogen-bond acceptors (Lipinski definition) is 3. The van der Waals surface area contributed by atoms with Gasteiger partial charge >= 0.3 is 0 Å². The minimum atomic E-state index is 0.166. The molecule has 0 bridgehead atoms. The molecule has 0 atom stereocenters. The van der Waals surface area contributed by atoms with Crippen LogP contribution in [0.1, 0.15) is 0 Å². The predicted molar refractivity (Wildman–Crippen MR) is 36.0 cm³/mol. The molecular formula is C6H7FN2O. The Balaban J connectivity index is 2.80. The van der Waals surface area contributed by atoms with Crippen molar-refractivity contribution < 1.29 is 9.47 Å². The maximum Gasteiger partial charge on any atom is 0.172 e. The van der Waals surface area contributed by atoms with E-state index in [1.54, 1.807) is 12.1 Å². The van der Waals surface area contributed by atoms with Crippen molar-refractivity contribution in [3.05, 3.63) is 24.3 Å². The molecule has 3 nitrogen and oxygen atoms in total. The van der Waals surface area contributed by atoms with Crippen molar-refractivity contribution >= 4 is 5.69 Å². The highest BCUT2D eigenvalue weighted by Gasteiger charge is 1.91. The average molecular weight is 142 g/mol. The summed E-state index contributed by atoms with van der Waals surface area (Å²) in [4.78, 5) is 3.45. The normalized spacial score (nSPS) is 9.00. The summed E-state index contributed by atoms with van der Waals surface area (Å²) in [6.45, 7) is 0. The number of anilines is 1. The highest BCUT2D eigenvalue weighted by Crippen LogP contribution is 2.14. The molecule has 0 aliphatic rings. The first kappa shape index (κ1) is 6.82. The molecule has 1 rings (SSSR count). The van der Waals surface area contributed by atoms with Gasteiger partial charge in [-0.15, -0.1) is 0 Å². The lowest BCUT2D eigenvalue weighted by molar-refractivity contribution is -0.00618. The first-order chi connectivity index (χ1) is 4.86. The molecule has 0 saturated carbocycles. The van der Waals surface area contributed by atoms with Crippen LogP contribution in [0.2, 0.25) is 0 Å². The van der Waals surface area contributed by atoms with Crippen LogP contribution in [0, 0.1) is 0 Å². The Hall–Kier alpha value is -1.29. The van der Waals surface area contributed by atoms with Gasteiger partial charge < -0.3 is 5.43 Å². The minimum absolute atomic E-state index is 0.166. The molecule has 54 valence electrons. The monoisotopic (exact) mass is 142 g/mol. The van der Waals surface area contributed by atoms with Crippen LogP contribution < -0.4 is 16.2 Å². The Bertz CT molecular complexity index is 176. The SMILES string of the molecule is NNc1ccc(OF)cc1. The van der Waals surface area contributed by atoms with Gasteiger partial charge in [-0.2, -0.15) is 0 Å². The molecule has 10 heavy (non-hydrogen) atoms. The Kier molecular flexibility index (Phi) is 2.07. The number of halogens is 1. The lowest BCUT2D eigenvalue weighted by atomic mass is 10.3. The lowest BCUT2D eigenvalue weighted by Gasteiger charge is -1.97. The van der Waals surface area contributed by atoms with Gasteiger partial charge in [0.1, 0.15) is 0 Å². The molecule has 0 unspecified atom stereocenters. The highest BCUT2D eigenvalue weighted by atomic mass is 19.3. The fourth-order valence-electron chi connectivity index (χ4n) is 0.603. The summed E-state index contributed by atoms with van der Waals surface area (Å²) in [6, 6.07) is 6.15. The molecule has 0 saturated heterocycles. The first-order valence-corrected chi connectivity index (χ1v) is 2.72. The van der Waals surface area contributed by atoms with Crippen LogP contribution in [-0.4, -0.2) is 0 Å². The fourth-order valence-corrected chi connectivity index (χ4v) is 0.603. The van der Waals surface area contributed by atoms with Crippen LogP contribution in [0.5, 0.6) is 5.75 Å². The Morgan fingerprint density at radius 2 is 1.90 bits per heavy atom. The molecule has 0 fully saturated rings. The van der Waals surface area contributed by atoms with E-state index < -0.39 is 0 Å². The van der Waals surface area contributed by atoms with Crippen molar-refractivity contribution in [2.24, 2.45) is 5.84 Å². The first-order valence-electron chi connectivity index (χ1n) is 2.72. The van der Waals surface area contributed by atoms with E-state index in [4.69, 9.17) is 5.84 Å². The lowest BCUT2D eigenvalue weighted by Crippen LogP contribution is -2.05. The molecule has 1 aromatic carbocycles. The summed E-state index contributed by atoms with van der Waals surface area (Å²) in [5, 5.41) is 0. The van der Waals surface area contributed by atoms with E-state index in [2.05, 4.69) is 10.4 Å². The van der Waals surface area contributed by atoms with Crippen LogP contribution in [0.25, 0.3) is 0 Å². The van der Waals surface area contributed by atoms with E-state index in [1.807, 2.05) is 0 Å². The van der Waals surface area contributed by atoms with Crippen LogP contribution in [0.4, 0.5) is 10.2 Å². The second kappa shape index (κ2) is 3.03. The van der Waals surface area contributed by atoms with Crippen LogP contribution >= 0.6 is 0 Å². The molecule has 0 aliphatic heterocycles. The third-order valence-corrected chi connectivity index (χ3v) is 1.11. The smallest absolute Gasteiger partial charge is 0.172 e. The van der Waals surface area contributed by atoms with Gasteiger partial charge in [-0.25, -0.2) is 0 Å². The third kappa shape index (κ3) is 1.35. The Morgan fingerprint density at radius 3 is 2.30 bits per heavy atom. The summed E-state index contributed by atoms with van der Waals surface area (Å²) in [5.74, 6) is 5.22. The summed E-state index contributed by atoms with van der Waals surface area (Å²) in [6.07, 6.45) is 0. The van der Waals surface area contributed by atoms with E-state index in [-0.39, 0.29) is 5.75 Å². The van der Waals surface area contributed by atoms with Gasteiger partial charge in [0.05, 0.1) is 0 Å². The van der Waals surface area contributed by atoms with E-state index >= 15 is 0 Å². The molecule has 0 radical (unpaired) electrons. The number of benzene rings is 1.